The summed E-state index contributed by atoms with van der Waals surface area (Å²) < 4.78 is 33.2. The van der Waals surface area contributed by atoms with Gasteiger partial charge in [0.25, 0.3) is 15.9 Å². The number of hydrogen-bond donors (Lipinski definition) is 2. The van der Waals surface area contributed by atoms with Crippen LogP contribution < -0.4 is 14.8 Å². The highest BCUT2D eigenvalue weighted by Gasteiger charge is 2.22. The Morgan fingerprint density at radius 2 is 1.78 bits per heavy atom. The maximum atomic E-state index is 12.6. The maximum absolute atomic E-state index is 12.6. The molecule has 4 rings (SSSR count). The summed E-state index contributed by atoms with van der Waals surface area (Å²) >= 11 is 6.23. The van der Waals surface area contributed by atoms with Crippen molar-refractivity contribution in [2.24, 2.45) is 0 Å². The number of para-hydroxylation sites is 1. The molecule has 0 aliphatic heterocycles. The Kier molecular flexibility index (Phi) is 6.67. The molecule has 2 N–H and O–H groups in total. The van der Waals surface area contributed by atoms with Crippen LogP contribution in [0.2, 0.25) is 5.02 Å². The van der Waals surface area contributed by atoms with Crippen molar-refractivity contribution in [1.29, 1.82) is 0 Å². The molecule has 0 heterocycles. The second-order valence-corrected chi connectivity index (χ2v) is 9.65. The summed E-state index contributed by atoms with van der Waals surface area (Å²) in [6.45, 7) is -0.216. The third-order valence-corrected chi connectivity index (χ3v) is 6.98. The fourth-order valence-electron chi connectivity index (χ4n) is 3.77. The zero-order valence-electron chi connectivity index (χ0n) is 17.3. The van der Waals surface area contributed by atoms with Crippen molar-refractivity contribution in [3.63, 3.8) is 0 Å². The molecule has 166 valence electrons. The topological polar surface area (TPSA) is 84.5 Å². The van der Waals surface area contributed by atoms with Crippen LogP contribution in [0.5, 0.6) is 5.75 Å². The van der Waals surface area contributed by atoms with E-state index in [1.54, 1.807) is 30.3 Å². The number of ether oxygens (including phenoxy) is 1. The van der Waals surface area contributed by atoms with Gasteiger partial charge < -0.3 is 10.1 Å². The monoisotopic (exact) mass is 470 g/mol. The van der Waals surface area contributed by atoms with Gasteiger partial charge in [-0.05, 0) is 60.7 Å². The van der Waals surface area contributed by atoms with Gasteiger partial charge in [0.15, 0.2) is 6.61 Å². The first-order chi connectivity index (χ1) is 15.4. The standard InChI is InChI=1S/C24H23ClN2O4S/c25-21-15-19(32(29,30)27-18-9-2-1-3-10-18)13-14-23(21)31-16-24(28)26-22-12-6-8-17-7-4-5-11-20(17)22/h1-5,7,9-11,13-15,22,27H,6,8,12,16H2,(H,26,28)/t22-/m1/s1. The fraction of sp³-hybridized carbons (Fsp3) is 0.208. The molecule has 1 amide bonds. The van der Waals surface area contributed by atoms with Crippen molar-refractivity contribution in [2.75, 3.05) is 11.3 Å². The number of nitrogens with one attached hydrogen (secondary N) is 2. The van der Waals surface area contributed by atoms with Gasteiger partial charge in [0, 0.05) is 5.69 Å². The Morgan fingerprint density at radius 3 is 2.56 bits per heavy atom. The van der Waals surface area contributed by atoms with Gasteiger partial charge in [-0.15, -0.1) is 0 Å². The second kappa shape index (κ2) is 9.63. The van der Waals surface area contributed by atoms with E-state index < -0.39 is 10.0 Å². The smallest absolute Gasteiger partial charge is 0.261 e. The summed E-state index contributed by atoms with van der Waals surface area (Å²) in [5, 5.41) is 3.12. The van der Waals surface area contributed by atoms with Gasteiger partial charge in [-0.1, -0.05) is 54.1 Å². The predicted molar refractivity (Wildman–Crippen MR) is 124 cm³/mol. The molecule has 6 nitrogen and oxygen atoms in total. The summed E-state index contributed by atoms with van der Waals surface area (Å²) in [6, 6.07) is 20.8. The second-order valence-electron chi connectivity index (χ2n) is 7.56. The van der Waals surface area contributed by atoms with E-state index in [1.807, 2.05) is 18.2 Å². The lowest BCUT2D eigenvalue weighted by molar-refractivity contribution is -0.123. The number of hydrogen-bond acceptors (Lipinski definition) is 4. The van der Waals surface area contributed by atoms with Crippen LogP contribution in [0.4, 0.5) is 5.69 Å². The van der Waals surface area contributed by atoms with Crippen LogP contribution >= 0.6 is 11.6 Å². The van der Waals surface area contributed by atoms with Crippen molar-refractivity contribution in [3.8, 4) is 5.75 Å². The number of benzene rings is 3. The lowest BCUT2D eigenvalue weighted by Crippen LogP contribution is -2.34. The van der Waals surface area contributed by atoms with E-state index in [0.717, 1.165) is 24.8 Å². The maximum Gasteiger partial charge on any atom is 0.261 e. The van der Waals surface area contributed by atoms with Gasteiger partial charge in [-0.2, -0.15) is 0 Å². The zero-order valence-corrected chi connectivity index (χ0v) is 18.8. The number of halogens is 1. The number of fused-ring (bicyclic) bond motifs is 1. The van der Waals surface area contributed by atoms with E-state index in [9.17, 15) is 13.2 Å². The number of carbonyl (C=O) groups excluding carboxylic acids is 1. The van der Waals surface area contributed by atoms with Crippen LogP contribution in [0.15, 0.2) is 77.7 Å². The lowest BCUT2D eigenvalue weighted by Gasteiger charge is -2.26. The molecule has 3 aromatic rings. The molecule has 0 spiro atoms. The van der Waals surface area contributed by atoms with Crippen LogP contribution in [-0.4, -0.2) is 20.9 Å². The van der Waals surface area contributed by atoms with Gasteiger partial charge in [-0.25, -0.2) is 8.42 Å². The first-order valence-corrected chi connectivity index (χ1v) is 12.2. The van der Waals surface area contributed by atoms with Crippen molar-refractivity contribution < 1.29 is 17.9 Å². The first-order valence-electron chi connectivity index (χ1n) is 10.3. The molecule has 32 heavy (non-hydrogen) atoms. The van der Waals surface area contributed by atoms with Crippen LogP contribution in [0.3, 0.4) is 0 Å². The van der Waals surface area contributed by atoms with Crippen LogP contribution in [0.25, 0.3) is 0 Å². The molecule has 0 aromatic heterocycles. The number of rotatable bonds is 7. The number of anilines is 1. The lowest BCUT2D eigenvalue weighted by atomic mass is 9.88. The molecule has 8 heteroatoms. The third kappa shape index (κ3) is 5.23. The predicted octanol–water partition coefficient (Wildman–Crippen LogP) is 4.71. The van der Waals surface area contributed by atoms with Crippen molar-refractivity contribution in [1.82, 2.24) is 5.32 Å². The van der Waals surface area contributed by atoms with Crippen molar-refractivity contribution in [3.05, 3.63) is 88.9 Å². The normalized spacial score (nSPS) is 15.5. The minimum Gasteiger partial charge on any atom is -0.482 e. The number of carbonyl (C=O) groups is 1. The van der Waals surface area contributed by atoms with Crippen molar-refractivity contribution >= 4 is 33.2 Å². The summed E-state index contributed by atoms with van der Waals surface area (Å²) in [5.41, 5.74) is 2.85. The Morgan fingerprint density at radius 1 is 1.03 bits per heavy atom. The van der Waals surface area contributed by atoms with E-state index in [0.29, 0.717) is 5.69 Å². The Labute approximate surface area is 192 Å². The molecule has 1 aliphatic rings. The molecule has 3 aromatic carbocycles. The Hall–Kier alpha value is -3.03. The first kappa shape index (κ1) is 22.2. The van der Waals surface area contributed by atoms with Crippen LogP contribution in [-0.2, 0) is 21.2 Å². The van der Waals surface area contributed by atoms with Gasteiger partial charge in [0.2, 0.25) is 0 Å². The molecule has 0 fully saturated rings. The molecule has 0 saturated carbocycles. The van der Waals surface area contributed by atoms with E-state index in [-0.39, 0.29) is 34.2 Å². The molecular formula is C24H23ClN2O4S. The fourth-order valence-corrected chi connectivity index (χ4v) is 5.15. The summed E-state index contributed by atoms with van der Waals surface area (Å²) in [4.78, 5) is 12.5. The van der Waals surface area contributed by atoms with E-state index in [1.165, 1.54) is 23.8 Å². The van der Waals surface area contributed by atoms with Gasteiger partial charge in [-0.3, -0.25) is 9.52 Å². The van der Waals surface area contributed by atoms with Gasteiger partial charge in [0.1, 0.15) is 5.75 Å². The Balaban J connectivity index is 1.38. The molecular weight excluding hydrogens is 448 g/mol. The highest BCUT2D eigenvalue weighted by atomic mass is 35.5. The summed E-state index contributed by atoms with van der Waals surface area (Å²) in [6.07, 6.45) is 2.91. The van der Waals surface area contributed by atoms with E-state index in [2.05, 4.69) is 16.1 Å². The summed E-state index contributed by atoms with van der Waals surface area (Å²) in [5.74, 6) is -0.0188. The van der Waals surface area contributed by atoms with E-state index >= 15 is 0 Å². The SMILES string of the molecule is O=C(COc1ccc(S(=O)(=O)Nc2ccccc2)cc1Cl)N[C@@H]1CCCc2ccccc21. The van der Waals surface area contributed by atoms with E-state index in [4.69, 9.17) is 16.3 Å². The Bertz CT molecular complexity index is 1220. The van der Waals surface area contributed by atoms with Crippen LogP contribution in [0, 0.1) is 0 Å². The van der Waals surface area contributed by atoms with Gasteiger partial charge in [0.05, 0.1) is 16.0 Å². The quantitative estimate of drug-likeness (QED) is 0.523. The number of sulfonamides is 1. The molecule has 0 unspecified atom stereocenters. The van der Waals surface area contributed by atoms with Gasteiger partial charge >= 0.3 is 0 Å². The molecule has 1 atom stereocenters. The molecule has 0 saturated heterocycles. The minimum absolute atomic E-state index is 0.00182. The average molecular weight is 471 g/mol. The highest BCUT2D eigenvalue weighted by molar-refractivity contribution is 7.92. The molecule has 0 radical (unpaired) electrons. The summed E-state index contributed by atoms with van der Waals surface area (Å²) in [7, 11) is -3.80. The molecule has 0 bridgehead atoms. The number of amides is 1. The van der Waals surface area contributed by atoms with Crippen LogP contribution in [0.1, 0.15) is 30.0 Å². The average Bonchev–Trinajstić information content (AvgIpc) is 2.79. The third-order valence-electron chi connectivity index (χ3n) is 5.30. The largest absolute Gasteiger partial charge is 0.482 e. The zero-order chi connectivity index (χ0) is 22.6. The minimum atomic E-state index is -3.80. The molecule has 1 aliphatic carbocycles. The number of aryl methyl sites for hydroxylation is 1. The van der Waals surface area contributed by atoms with Crippen molar-refractivity contribution in [2.45, 2.75) is 30.2 Å². The highest BCUT2D eigenvalue weighted by Crippen LogP contribution is 2.30.